The van der Waals surface area contributed by atoms with E-state index in [9.17, 15) is 4.79 Å². The van der Waals surface area contributed by atoms with Crippen LogP contribution < -0.4 is 5.32 Å². The van der Waals surface area contributed by atoms with E-state index in [0.29, 0.717) is 5.69 Å². The molecule has 0 fully saturated rings. The summed E-state index contributed by atoms with van der Waals surface area (Å²) in [6, 6.07) is 0.0433. The van der Waals surface area contributed by atoms with Gasteiger partial charge in [-0.1, -0.05) is 39.8 Å². The molecule has 0 saturated carbocycles. The van der Waals surface area contributed by atoms with Crippen LogP contribution in [-0.4, -0.2) is 41.6 Å². The topological polar surface area (TPSA) is 58.4 Å². The summed E-state index contributed by atoms with van der Waals surface area (Å²) in [5, 5.41) is 7.00. The van der Waals surface area contributed by atoms with E-state index in [1.807, 2.05) is 13.8 Å². The highest BCUT2D eigenvalue weighted by Gasteiger charge is 2.30. The lowest BCUT2D eigenvalue weighted by Gasteiger charge is -2.36. The van der Waals surface area contributed by atoms with Gasteiger partial charge in [0.2, 0.25) is 0 Å². The third kappa shape index (κ3) is 4.32. The van der Waals surface area contributed by atoms with Crippen LogP contribution in [0.15, 0.2) is 4.52 Å². The number of aryl methyl sites for hydroxylation is 1. The van der Waals surface area contributed by atoms with Crippen LogP contribution in [0.4, 0.5) is 0 Å². The Morgan fingerprint density at radius 2 is 1.91 bits per heavy atom. The predicted molar refractivity (Wildman–Crippen MR) is 89.1 cm³/mol. The summed E-state index contributed by atoms with van der Waals surface area (Å²) in [5.74, 6) is 0.626. The minimum absolute atomic E-state index is 0.0209. The van der Waals surface area contributed by atoms with E-state index in [2.05, 4.69) is 50.0 Å². The molecule has 1 rings (SSSR count). The van der Waals surface area contributed by atoms with Gasteiger partial charge >= 0.3 is 0 Å². The number of carbonyl (C=O) groups is 1. The van der Waals surface area contributed by atoms with E-state index in [-0.39, 0.29) is 17.4 Å². The Kier molecular flexibility index (Phi) is 6.60. The number of aromatic nitrogens is 1. The summed E-state index contributed by atoms with van der Waals surface area (Å²) in [6.07, 6.45) is 0.745. The van der Waals surface area contributed by atoms with Crippen LogP contribution in [0, 0.1) is 12.3 Å². The molecule has 0 radical (unpaired) electrons. The molecule has 1 N–H and O–H groups in total. The highest BCUT2D eigenvalue weighted by Crippen LogP contribution is 2.23. The SMILES string of the molecule is CCc1onc(C(=O)NC(C)C(C)(C)CN(CC)CC)c1C. The summed E-state index contributed by atoms with van der Waals surface area (Å²) in [5.41, 5.74) is 1.23. The van der Waals surface area contributed by atoms with Crippen molar-refractivity contribution < 1.29 is 9.32 Å². The normalized spacial score (nSPS) is 13.5. The van der Waals surface area contributed by atoms with E-state index >= 15 is 0 Å². The lowest BCUT2D eigenvalue weighted by molar-refractivity contribution is 0.0862. The minimum Gasteiger partial charge on any atom is -0.360 e. The van der Waals surface area contributed by atoms with Crippen molar-refractivity contribution in [2.45, 2.75) is 60.9 Å². The number of nitrogens with one attached hydrogen (secondary N) is 1. The largest absolute Gasteiger partial charge is 0.360 e. The Bertz CT molecular complexity index is 490. The maximum atomic E-state index is 12.4. The Labute approximate surface area is 134 Å². The van der Waals surface area contributed by atoms with E-state index in [1.165, 1.54) is 0 Å². The zero-order chi connectivity index (χ0) is 16.9. The van der Waals surface area contributed by atoms with Crippen molar-refractivity contribution >= 4 is 5.91 Å². The minimum atomic E-state index is -0.152. The first-order valence-corrected chi connectivity index (χ1v) is 8.25. The Morgan fingerprint density at radius 3 is 2.36 bits per heavy atom. The second-order valence-corrected chi connectivity index (χ2v) is 6.58. The number of hydrogen-bond acceptors (Lipinski definition) is 4. The van der Waals surface area contributed by atoms with Gasteiger partial charge in [-0.3, -0.25) is 4.79 Å². The Balaban J connectivity index is 2.75. The fraction of sp³-hybridized carbons (Fsp3) is 0.765. The fourth-order valence-corrected chi connectivity index (χ4v) is 2.53. The van der Waals surface area contributed by atoms with E-state index in [4.69, 9.17) is 4.52 Å². The van der Waals surface area contributed by atoms with Crippen molar-refractivity contribution in [3.05, 3.63) is 17.0 Å². The third-order valence-electron chi connectivity index (χ3n) is 4.60. The van der Waals surface area contributed by atoms with Crippen LogP contribution in [0.25, 0.3) is 0 Å². The van der Waals surface area contributed by atoms with E-state index < -0.39 is 0 Å². The first-order valence-electron chi connectivity index (χ1n) is 8.25. The second kappa shape index (κ2) is 7.77. The van der Waals surface area contributed by atoms with Crippen molar-refractivity contribution in [3.63, 3.8) is 0 Å². The molecule has 0 aromatic carbocycles. The quantitative estimate of drug-likeness (QED) is 0.802. The highest BCUT2D eigenvalue weighted by molar-refractivity contribution is 5.93. The molecule has 1 amide bonds. The van der Waals surface area contributed by atoms with Crippen molar-refractivity contribution in [2.24, 2.45) is 5.41 Å². The molecule has 5 heteroatoms. The molecule has 1 heterocycles. The summed E-state index contributed by atoms with van der Waals surface area (Å²) >= 11 is 0. The van der Waals surface area contributed by atoms with Crippen molar-refractivity contribution in [1.82, 2.24) is 15.4 Å². The van der Waals surface area contributed by atoms with Gasteiger partial charge in [0, 0.05) is 24.6 Å². The zero-order valence-electron chi connectivity index (χ0n) is 15.1. The number of hydrogen-bond donors (Lipinski definition) is 1. The van der Waals surface area contributed by atoms with Gasteiger partial charge in [-0.15, -0.1) is 0 Å². The second-order valence-electron chi connectivity index (χ2n) is 6.58. The van der Waals surface area contributed by atoms with E-state index in [1.54, 1.807) is 0 Å². The van der Waals surface area contributed by atoms with Crippen LogP contribution in [0.2, 0.25) is 0 Å². The average Bonchev–Trinajstić information content (AvgIpc) is 2.85. The molecular formula is C17H31N3O2. The van der Waals surface area contributed by atoms with Gasteiger partial charge in [0.05, 0.1) is 0 Å². The van der Waals surface area contributed by atoms with Crippen LogP contribution in [0.5, 0.6) is 0 Å². The van der Waals surface area contributed by atoms with Gasteiger partial charge in [0.1, 0.15) is 5.76 Å². The molecule has 0 spiro atoms. The molecule has 1 atom stereocenters. The summed E-state index contributed by atoms with van der Waals surface area (Å²) in [6.45, 7) is 17.6. The maximum Gasteiger partial charge on any atom is 0.273 e. The lowest BCUT2D eigenvalue weighted by Crippen LogP contribution is -2.48. The monoisotopic (exact) mass is 309 g/mol. The number of carbonyl (C=O) groups excluding carboxylic acids is 1. The molecule has 22 heavy (non-hydrogen) atoms. The molecule has 1 aromatic rings. The van der Waals surface area contributed by atoms with Crippen LogP contribution >= 0.6 is 0 Å². The maximum absolute atomic E-state index is 12.4. The standard InChI is InChI=1S/C17H31N3O2/c1-8-14-12(4)15(19-22-14)16(21)18-13(5)17(6,7)11-20(9-2)10-3/h13H,8-11H2,1-7H3,(H,18,21). The first kappa shape index (κ1) is 18.7. The molecule has 0 aliphatic carbocycles. The third-order valence-corrected chi connectivity index (χ3v) is 4.60. The number of rotatable bonds is 8. The predicted octanol–water partition coefficient (Wildman–Crippen LogP) is 3.03. The summed E-state index contributed by atoms with van der Waals surface area (Å²) in [4.78, 5) is 14.8. The van der Waals surface area contributed by atoms with Gasteiger partial charge in [-0.05, 0) is 32.4 Å². The van der Waals surface area contributed by atoms with Crippen molar-refractivity contribution in [3.8, 4) is 0 Å². The van der Waals surface area contributed by atoms with Crippen LogP contribution in [0.1, 0.15) is 63.4 Å². The molecule has 1 unspecified atom stereocenters. The van der Waals surface area contributed by atoms with Gasteiger partial charge < -0.3 is 14.7 Å². The molecule has 5 nitrogen and oxygen atoms in total. The molecule has 0 aliphatic heterocycles. The highest BCUT2D eigenvalue weighted by atomic mass is 16.5. The van der Waals surface area contributed by atoms with Gasteiger partial charge in [-0.2, -0.15) is 0 Å². The average molecular weight is 309 g/mol. The Hall–Kier alpha value is -1.36. The summed E-state index contributed by atoms with van der Waals surface area (Å²) < 4.78 is 5.21. The zero-order valence-corrected chi connectivity index (χ0v) is 15.1. The first-order chi connectivity index (χ1) is 10.3. The lowest BCUT2D eigenvalue weighted by atomic mass is 9.84. The van der Waals surface area contributed by atoms with Crippen molar-refractivity contribution in [2.75, 3.05) is 19.6 Å². The molecular weight excluding hydrogens is 278 g/mol. The molecule has 1 aromatic heterocycles. The van der Waals surface area contributed by atoms with Gasteiger partial charge in [0.25, 0.3) is 5.91 Å². The van der Waals surface area contributed by atoms with E-state index in [0.717, 1.165) is 37.4 Å². The number of amides is 1. The van der Waals surface area contributed by atoms with Crippen LogP contribution in [0.3, 0.4) is 0 Å². The molecule has 126 valence electrons. The smallest absolute Gasteiger partial charge is 0.273 e. The van der Waals surface area contributed by atoms with Crippen LogP contribution in [-0.2, 0) is 6.42 Å². The Morgan fingerprint density at radius 1 is 1.32 bits per heavy atom. The molecule has 0 aliphatic rings. The fourth-order valence-electron chi connectivity index (χ4n) is 2.53. The van der Waals surface area contributed by atoms with Gasteiger partial charge in [-0.25, -0.2) is 0 Å². The molecule has 0 bridgehead atoms. The molecule has 0 saturated heterocycles. The number of nitrogens with zero attached hydrogens (tertiary/aromatic N) is 2. The summed E-state index contributed by atoms with van der Waals surface area (Å²) in [7, 11) is 0. The van der Waals surface area contributed by atoms with Crippen molar-refractivity contribution in [1.29, 1.82) is 0 Å². The van der Waals surface area contributed by atoms with Gasteiger partial charge in [0.15, 0.2) is 5.69 Å².